The molecule has 5 heteroatoms. The van der Waals surface area contributed by atoms with Crippen LogP contribution in [0, 0.1) is 6.92 Å². The number of oxazole rings is 1. The number of nitrogens with one attached hydrogen (secondary N) is 1. The molecule has 2 aromatic heterocycles. The second-order valence-corrected chi connectivity index (χ2v) is 7.24. The van der Waals surface area contributed by atoms with Crippen LogP contribution in [0.5, 0.6) is 0 Å². The molecule has 0 spiro atoms. The van der Waals surface area contributed by atoms with Gasteiger partial charge in [-0.2, -0.15) is 0 Å². The Bertz CT molecular complexity index is 1050. The molecule has 4 rings (SSSR count). The number of nitrogens with zero attached hydrogens (tertiary/aromatic N) is 1. The van der Waals surface area contributed by atoms with Crippen molar-refractivity contribution in [2.45, 2.75) is 13.5 Å². The van der Waals surface area contributed by atoms with E-state index in [0.29, 0.717) is 29.3 Å². The zero-order chi connectivity index (χ0) is 18.6. The van der Waals surface area contributed by atoms with Gasteiger partial charge in [-0.25, -0.2) is 4.98 Å². The standard InChI is InChI=1S/C22H18N2O2S/c1-15-8-10-16(11-9-15)20-14-24-22(26-20)19-7-3-2-6-18(19)21(25)23-13-17-5-4-12-27-17/h2-12,14H,13H2,1H3,(H,23,25). The van der Waals surface area contributed by atoms with Crippen molar-refractivity contribution in [2.75, 3.05) is 0 Å². The Morgan fingerprint density at radius 3 is 2.67 bits per heavy atom. The van der Waals surface area contributed by atoms with E-state index in [1.165, 1.54) is 5.56 Å². The van der Waals surface area contributed by atoms with Crippen LogP contribution in [0.4, 0.5) is 0 Å². The Hall–Kier alpha value is -3.18. The molecule has 0 atom stereocenters. The zero-order valence-corrected chi connectivity index (χ0v) is 15.6. The molecule has 0 bridgehead atoms. The molecular formula is C22H18N2O2S. The minimum atomic E-state index is -0.144. The average Bonchev–Trinajstić information content (AvgIpc) is 3.39. The van der Waals surface area contributed by atoms with E-state index in [1.807, 2.05) is 66.9 Å². The summed E-state index contributed by atoms with van der Waals surface area (Å²) in [5.74, 6) is 0.973. The van der Waals surface area contributed by atoms with Gasteiger partial charge < -0.3 is 9.73 Å². The number of thiophene rings is 1. The Morgan fingerprint density at radius 2 is 1.89 bits per heavy atom. The van der Waals surface area contributed by atoms with Crippen LogP contribution in [0.3, 0.4) is 0 Å². The molecule has 4 aromatic rings. The molecule has 0 unspecified atom stereocenters. The molecule has 0 saturated heterocycles. The fourth-order valence-electron chi connectivity index (χ4n) is 2.79. The summed E-state index contributed by atoms with van der Waals surface area (Å²) >= 11 is 1.62. The summed E-state index contributed by atoms with van der Waals surface area (Å²) in [6, 6.07) is 19.4. The van der Waals surface area contributed by atoms with Crippen LogP contribution in [0.25, 0.3) is 22.8 Å². The average molecular weight is 374 g/mol. The van der Waals surface area contributed by atoms with Gasteiger partial charge in [0.05, 0.1) is 18.3 Å². The van der Waals surface area contributed by atoms with Crippen LogP contribution in [0.15, 0.2) is 76.7 Å². The number of hydrogen-bond donors (Lipinski definition) is 1. The van der Waals surface area contributed by atoms with Crippen LogP contribution < -0.4 is 5.32 Å². The predicted molar refractivity (Wildman–Crippen MR) is 108 cm³/mol. The predicted octanol–water partition coefficient (Wildman–Crippen LogP) is 5.31. The summed E-state index contributed by atoms with van der Waals surface area (Å²) in [4.78, 5) is 18.2. The van der Waals surface area contributed by atoms with Gasteiger partial charge in [0.1, 0.15) is 0 Å². The lowest BCUT2D eigenvalue weighted by molar-refractivity contribution is 0.0951. The van der Waals surface area contributed by atoms with Crippen LogP contribution in [0.1, 0.15) is 20.8 Å². The monoisotopic (exact) mass is 374 g/mol. The first-order valence-electron chi connectivity index (χ1n) is 8.63. The maximum absolute atomic E-state index is 12.7. The van der Waals surface area contributed by atoms with Crippen LogP contribution >= 0.6 is 11.3 Å². The maximum atomic E-state index is 12.7. The highest BCUT2D eigenvalue weighted by molar-refractivity contribution is 7.09. The molecule has 0 aliphatic rings. The van der Waals surface area contributed by atoms with Crippen molar-refractivity contribution in [3.05, 3.63) is 88.2 Å². The van der Waals surface area contributed by atoms with Crippen molar-refractivity contribution < 1.29 is 9.21 Å². The third-order valence-corrected chi connectivity index (χ3v) is 5.12. The van der Waals surface area contributed by atoms with E-state index in [1.54, 1.807) is 23.6 Å². The Kier molecular flexibility index (Phi) is 4.85. The molecule has 0 saturated carbocycles. The molecule has 1 N–H and O–H groups in total. The van der Waals surface area contributed by atoms with Gasteiger partial charge in [-0.05, 0) is 30.5 Å². The molecule has 4 nitrogen and oxygen atoms in total. The van der Waals surface area contributed by atoms with E-state index >= 15 is 0 Å². The van der Waals surface area contributed by atoms with Crippen molar-refractivity contribution in [3.63, 3.8) is 0 Å². The first kappa shape index (κ1) is 17.2. The molecule has 134 valence electrons. The number of aromatic nitrogens is 1. The van der Waals surface area contributed by atoms with Crippen molar-refractivity contribution in [2.24, 2.45) is 0 Å². The van der Waals surface area contributed by atoms with E-state index in [4.69, 9.17) is 4.42 Å². The summed E-state index contributed by atoms with van der Waals surface area (Å²) in [7, 11) is 0. The summed E-state index contributed by atoms with van der Waals surface area (Å²) in [5, 5.41) is 4.95. The first-order valence-corrected chi connectivity index (χ1v) is 9.51. The number of rotatable bonds is 5. The van der Waals surface area contributed by atoms with E-state index in [0.717, 1.165) is 10.4 Å². The topological polar surface area (TPSA) is 55.1 Å². The number of amides is 1. The van der Waals surface area contributed by atoms with Gasteiger partial charge in [-0.3, -0.25) is 4.79 Å². The quantitative estimate of drug-likeness (QED) is 0.515. The van der Waals surface area contributed by atoms with Gasteiger partial charge in [-0.1, -0.05) is 48.0 Å². The largest absolute Gasteiger partial charge is 0.436 e. The molecule has 0 radical (unpaired) electrons. The lowest BCUT2D eigenvalue weighted by Crippen LogP contribution is -2.22. The van der Waals surface area contributed by atoms with Gasteiger partial charge in [0.15, 0.2) is 5.76 Å². The SMILES string of the molecule is Cc1ccc(-c2cnc(-c3ccccc3C(=O)NCc3cccs3)o2)cc1. The molecule has 2 aromatic carbocycles. The van der Waals surface area contributed by atoms with Crippen molar-refractivity contribution in [3.8, 4) is 22.8 Å². The highest BCUT2D eigenvalue weighted by atomic mass is 32.1. The number of benzene rings is 2. The Morgan fingerprint density at radius 1 is 1.07 bits per heavy atom. The van der Waals surface area contributed by atoms with Gasteiger partial charge in [-0.15, -0.1) is 11.3 Å². The third-order valence-electron chi connectivity index (χ3n) is 4.25. The van der Waals surface area contributed by atoms with Crippen LogP contribution in [0.2, 0.25) is 0 Å². The smallest absolute Gasteiger partial charge is 0.252 e. The third kappa shape index (κ3) is 3.83. The number of aryl methyl sites for hydroxylation is 1. The van der Waals surface area contributed by atoms with E-state index in [-0.39, 0.29) is 5.91 Å². The fourth-order valence-corrected chi connectivity index (χ4v) is 3.44. The van der Waals surface area contributed by atoms with Crippen molar-refractivity contribution >= 4 is 17.2 Å². The first-order chi connectivity index (χ1) is 13.2. The fraction of sp³-hybridized carbons (Fsp3) is 0.0909. The van der Waals surface area contributed by atoms with Gasteiger partial charge in [0, 0.05) is 16.0 Å². The molecule has 1 amide bonds. The lowest BCUT2D eigenvalue weighted by Gasteiger charge is -2.07. The van der Waals surface area contributed by atoms with Gasteiger partial charge >= 0.3 is 0 Å². The van der Waals surface area contributed by atoms with E-state index in [9.17, 15) is 4.79 Å². The maximum Gasteiger partial charge on any atom is 0.252 e. The van der Waals surface area contributed by atoms with Crippen molar-refractivity contribution in [1.29, 1.82) is 0 Å². The molecule has 27 heavy (non-hydrogen) atoms. The highest BCUT2D eigenvalue weighted by Crippen LogP contribution is 2.28. The molecule has 0 aliphatic carbocycles. The minimum absolute atomic E-state index is 0.144. The Labute approximate surface area is 161 Å². The summed E-state index contributed by atoms with van der Waals surface area (Å²) in [6.07, 6.45) is 1.69. The Balaban J connectivity index is 1.59. The molecule has 0 fully saturated rings. The van der Waals surface area contributed by atoms with Crippen LogP contribution in [-0.2, 0) is 6.54 Å². The zero-order valence-electron chi connectivity index (χ0n) is 14.8. The van der Waals surface area contributed by atoms with Gasteiger partial charge in [0.25, 0.3) is 5.91 Å². The minimum Gasteiger partial charge on any atom is -0.436 e. The number of carbonyl (C=O) groups excluding carboxylic acids is 1. The highest BCUT2D eigenvalue weighted by Gasteiger charge is 2.16. The summed E-state index contributed by atoms with van der Waals surface area (Å²) in [5.41, 5.74) is 3.37. The second-order valence-electron chi connectivity index (χ2n) is 6.20. The van der Waals surface area contributed by atoms with Crippen molar-refractivity contribution in [1.82, 2.24) is 10.3 Å². The summed E-state index contributed by atoms with van der Waals surface area (Å²) < 4.78 is 5.95. The molecular weight excluding hydrogens is 356 g/mol. The normalized spacial score (nSPS) is 10.7. The second kappa shape index (κ2) is 7.60. The number of carbonyl (C=O) groups is 1. The van der Waals surface area contributed by atoms with E-state index in [2.05, 4.69) is 10.3 Å². The molecule has 0 aliphatic heterocycles. The lowest BCUT2D eigenvalue weighted by atomic mass is 10.1. The summed E-state index contributed by atoms with van der Waals surface area (Å²) in [6.45, 7) is 2.55. The molecule has 2 heterocycles. The van der Waals surface area contributed by atoms with Gasteiger partial charge in [0.2, 0.25) is 5.89 Å². The van der Waals surface area contributed by atoms with Crippen LogP contribution in [-0.4, -0.2) is 10.9 Å². The number of hydrogen-bond acceptors (Lipinski definition) is 4. The van der Waals surface area contributed by atoms with E-state index < -0.39 is 0 Å².